The van der Waals surface area contributed by atoms with E-state index in [4.69, 9.17) is 23.2 Å². The minimum atomic E-state index is -0.210. The molecule has 1 aromatic carbocycles. The lowest BCUT2D eigenvalue weighted by Gasteiger charge is -2.33. The first-order valence-corrected chi connectivity index (χ1v) is 11.0. The van der Waals surface area contributed by atoms with Crippen LogP contribution < -0.4 is 0 Å². The number of fused-ring (bicyclic) bond motifs is 2. The number of aromatic nitrogens is 4. The Morgan fingerprint density at radius 1 is 1.18 bits per heavy atom. The molecule has 1 aliphatic rings. The summed E-state index contributed by atoms with van der Waals surface area (Å²) in [5.41, 5.74) is 1.50. The first kappa shape index (κ1) is 18.1. The largest absolute Gasteiger partial charge is 0.327 e. The van der Waals surface area contributed by atoms with Crippen molar-refractivity contribution in [2.24, 2.45) is 0 Å². The number of carbonyl (C=O) groups is 1. The third kappa shape index (κ3) is 2.83. The molecular formula is C18H13Cl2N5OS2. The molecule has 4 heterocycles. The number of nitrogens with zero attached hydrogens (tertiary/aromatic N) is 5. The van der Waals surface area contributed by atoms with Gasteiger partial charge in [-0.2, -0.15) is 0 Å². The fourth-order valence-corrected chi connectivity index (χ4v) is 5.61. The molecule has 4 aromatic rings. The number of benzene rings is 1. The van der Waals surface area contributed by atoms with E-state index in [1.54, 1.807) is 45.8 Å². The Bertz CT molecular complexity index is 1190. The number of carbonyl (C=O) groups excluding carboxylic acids is 1. The zero-order valence-corrected chi connectivity index (χ0v) is 17.7. The summed E-state index contributed by atoms with van der Waals surface area (Å²) in [5.74, 6) is 1.42. The lowest BCUT2D eigenvalue weighted by Crippen LogP contribution is -2.41. The van der Waals surface area contributed by atoms with Crippen molar-refractivity contribution < 1.29 is 4.79 Å². The normalized spacial score (nSPS) is 16.5. The zero-order valence-electron chi connectivity index (χ0n) is 14.6. The van der Waals surface area contributed by atoms with Gasteiger partial charge in [0.25, 0.3) is 5.91 Å². The van der Waals surface area contributed by atoms with Crippen LogP contribution in [0.15, 0.2) is 29.6 Å². The predicted octanol–water partition coefficient (Wildman–Crippen LogP) is 5.14. The van der Waals surface area contributed by atoms with Gasteiger partial charge in [-0.25, -0.2) is 4.98 Å². The quantitative estimate of drug-likeness (QED) is 0.424. The summed E-state index contributed by atoms with van der Waals surface area (Å²) < 4.78 is 3.23. The second-order valence-electron chi connectivity index (χ2n) is 6.45. The van der Waals surface area contributed by atoms with Crippen molar-refractivity contribution in [3.05, 3.63) is 51.1 Å². The number of hydrogen-bond acceptors (Lipinski definition) is 6. The van der Waals surface area contributed by atoms with Gasteiger partial charge in [0.2, 0.25) is 0 Å². The van der Waals surface area contributed by atoms with Gasteiger partial charge in [-0.1, -0.05) is 34.5 Å². The maximum absolute atomic E-state index is 13.0. The molecule has 1 unspecified atom stereocenters. The van der Waals surface area contributed by atoms with Gasteiger partial charge in [-0.3, -0.25) is 4.79 Å². The molecule has 0 N–H and O–H groups in total. The Morgan fingerprint density at radius 2 is 2.04 bits per heavy atom. The number of hydrogen-bond donors (Lipinski definition) is 0. The molecule has 0 radical (unpaired) electrons. The Kier molecular flexibility index (Phi) is 4.39. The first-order valence-electron chi connectivity index (χ1n) is 8.56. The van der Waals surface area contributed by atoms with Crippen LogP contribution in [-0.4, -0.2) is 37.1 Å². The standard InChI is InChI=1S/C18H13Cl2N5OS2/c1-9-14-22-23-15(16-21-13-4-7-27-18(13)28-16)25(14)6-5-24(9)17(26)10-2-3-11(19)12(20)8-10/h2-4,7-9H,5-6H2,1H3. The minimum absolute atomic E-state index is 0.100. The van der Waals surface area contributed by atoms with Gasteiger partial charge < -0.3 is 9.47 Å². The van der Waals surface area contributed by atoms with E-state index in [0.717, 1.165) is 22.2 Å². The van der Waals surface area contributed by atoms with Crippen molar-refractivity contribution in [1.82, 2.24) is 24.6 Å². The topological polar surface area (TPSA) is 63.9 Å². The van der Waals surface area contributed by atoms with Crippen LogP contribution >= 0.6 is 45.9 Å². The summed E-state index contributed by atoms with van der Waals surface area (Å²) in [6, 6.07) is 6.73. The third-order valence-corrected chi connectivity index (χ3v) is 7.66. The molecule has 0 saturated heterocycles. The minimum Gasteiger partial charge on any atom is -0.327 e. The van der Waals surface area contributed by atoms with E-state index in [2.05, 4.69) is 19.7 Å². The highest BCUT2D eigenvalue weighted by Gasteiger charge is 2.32. The van der Waals surface area contributed by atoms with Crippen LogP contribution in [0.4, 0.5) is 0 Å². The van der Waals surface area contributed by atoms with Gasteiger partial charge in [-0.05, 0) is 36.6 Å². The van der Waals surface area contributed by atoms with E-state index in [9.17, 15) is 4.79 Å². The van der Waals surface area contributed by atoms with Crippen molar-refractivity contribution in [3.8, 4) is 10.8 Å². The maximum atomic E-state index is 13.0. The van der Waals surface area contributed by atoms with Crippen LogP contribution in [-0.2, 0) is 6.54 Å². The number of thiazole rings is 1. The monoisotopic (exact) mass is 449 g/mol. The Morgan fingerprint density at radius 3 is 2.82 bits per heavy atom. The third-order valence-electron chi connectivity index (χ3n) is 4.83. The van der Waals surface area contributed by atoms with E-state index in [1.807, 2.05) is 18.4 Å². The summed E-state index contributed by atoms with van der Waals surface area (Å²) in [6.45, 7) is 3.12. The first-order chi connectivity index (χ1) is 13.5. The van der Waals surface area contributed by atoms with Gasteiger partial charge in [-0.15, -0.1) is 21.5 Å². The predicted molar refractivity (Wildman–Crippen MR) is 112 cm³/mol. The maximum Gasteiger partial charge on any atom is 0.254 e. The molecule has 0 spiro atoms. The van der Waals surface area contributed by atoms with Gasteiger partial charge in [0.1, 0.15) is 4.01 Å². The summed E-state index contributed by atoms with van der Waals surface area (Å²) in [6.07, 6.45) is 0. The number of thiophene rings is 1. The van der Waals surface area contributed by atoms with Gasteiger partial charge >= 0.3 is 0 Å². The highest BCUT2D eigenvalue weighted by atomic mass is 35.5. The molecule has 1 aliphatic heterocycles. The van der Waals surface area contributed by atoms with E-state index < -0.39 is 0 Å². The summed E-state index contributed by atoms with van der Waals surface area (Å²) in [4.78, 5) is 19.5. The van der Waals surface area contributed by atoms with Gasteiger partial charge in [0, 0.05) is 18.7 Å². The molecule has 5 rings (SSSR count). The summed E-state index contributed by atoms with van der Waals surface area (Å²) in [7, 11) is 0. The van der Waals surface area contributed by atoms with Crippen LogP contribution in [0, 0.1) is 0 Å². The van der Waals surface area contributed by atoms with Crippen molar-refractivity contribution in [3.63, 3.8) is 0 Å². The lowest BCUT2D eigenvalue weighted by molar-refractivity contribution is 0.0638. The van der Waals surface area contributed by atoms with Crippen LogP contribution in [0.3, 0.4) is 0 Å². The molecule has 0 saturated carbocycles. The van der Waals surface area contributed by atoms with Crippen LogP contribution in [0.2, 0.25) is 10.0 Å². The highest BCUT2D eigenvalue weighted by Crippen LogP contribution is 2.35. The highest BCUT2D eigenvalue weighted by molar-refractivity contribution is 7.38. The van der Waals surface area contributed by atoms with Crippen molar-refractivity contribution in [2.45, 2.75) is 19.5 Å². The Labute approximate surface area is 178 Å². The van der Waals surface area contributed by atoms with Gasteiger partial charge in [0.05, 0.1) is 21.6 Å². The van der Waals surface area contributed by atoms with Crippen molar-refractivity contribution >= 4 is 61.3 Å². The fraction of sp³-hybridized carbons (Fsp3) is 0.222. The van der Waals surface area contributed by atoms with E-state index >= 15 is 0 Å². The molecule has 3 aromatic heterocycles. The fourth-order valence-electron chi connectivity index (χ4n) is 3.38. The van der Waals surface area contributed by atoms with E-state index in [0.29, 0.717) is 28.7 Å². The van der Waals surface area contributed by atoms with E-state index in [1.165, 1.54) is 4.01 Å². The smallest absolute Gasteiger partial charge is 0.254 e. The van der Waals surface area contributed by atoms with Crippen molar-refractivity contribution in [2.75, 3.05) is 6.54 Å². The molecule has 0 aliphatic carbocycles. The van der Waals surface area contributed by atoms with Crippen LogP contribution in [0.25, 0.3) is 20.4 Å². The molecular weight excluding hydrogens is 437 g/mol. The molecule has 6 nitrogen and oxygen atoms in total. The van der Waals surface area contributed by atoms with E-state index in [-0.39, 0.29) is 11.9 Å². The molecule has 28 heavy (non-hydrogen) atoms. The Hall–Kier alpha value is -2.00. The second-order valence-corrected chi connectivity index (χ2v) is 9.44. The summed E-state index contributed by atoms with van der Waals surface area (Å²) in [5, 5.41) is 12.4. The average Bonchev–Trinajstić information content (AvgIpc) is 3.37. The van der Waals surface area contributed by atoms with Crippen molar-refractivity contribution in [1.29, 1.82) is 0 Å². The number of halogens is 2. The number of rotatable bonds is 2. The average molecular weight is 450 g/mol. The summed E-state index contributed by atoms with van der Waals surface area (Å²) >= 11 is 15.3. The molecule has 10 heteroatoms. The molecule has 0 bridgehead atoms. The molecule has 0 fully saturated rings. The zero-order chi connectivity index (χ0) is 19.4. The lowest BCUT2D eigenvalue weighted by atomic mass is 10.1. The molecule has 1 amide bonds. The van der Waals surface area contributed by atoms with Crippen LogP contribution in [0.5, 0.6) is 0 Å². The van der Waals surface area contributed by atoms with Crippen LogP contribution in [0.1, 0.15) is 29.1 Å². The Balaban J connectivity index is 1.46. The van der Waals surface area contributed by atoms with Gasteiger partial charge in [0.15, 0.2) is 16.7 Å². The SMILES string of the molecule is CC1c2nnc(-c3nc4ccsc4s3)n2CCN1C(=O)c1ccc(Cl)c(Cl)c1. The molecule has 142 valence electrons. The molecule has 1 atom stereocenters. The number of amides is 1. The second kappa shape index (κ2) is 6.81.